The Bertz CT molecular complexity index is 761. The van der Waals surface area contributed by atoms with Crippen LogP contribution in [0.25, 0.3) is 6.08 Å². The second kappa shape index (κ2) is 9.42. The van der Waals surface area contributed by atoms with E-state index in [-0.39, 0.29) is 18.7 Å². The summed E-state index contributed by atoms with van der Waals surface area (Å²) in [5.41, 5.74) is 2.94. The predicted octanol–water partition coefficient (Wildman–Crippen LogP) is 5.07. The van der Waals surface area contributed by atoms with Crippen LogP contribution in [0.1, 0.15) is 30.7 Å². The molecule has 0 atom stereocenters. The first-order valence-electron chi connectivity index (χ1n) is 8.20. The maximum Gasteiger partial charge on any atom is 0.379 e. The highest BCUT2D eigenvalue weighted by atomic mass is 31.2. The Kier molecular flexibility index (Phi) is 7.26. The largest absolute Gasteiger partial charge is 0.379 e. The molecule has 0 spiro atoms. The first-order chi connectivity index (χ1) is 12.1. The molecule has 1 heterocycles. The van der Waals surface area contributed by atoms with Gasteiger partial charge in [0.25, 0.3) is 0 Å². The number of aromatic nitrogens is 1. The summed E-state index contributed by atoms with van der Waals surface area (Å²) in [7, 11) is -3.51. The van der Waals surface area contributed by atoms with Crippen molar-refractivity contribution in [1.29, 1.82) is 0 Å². The number of nitrogens with zero attached hydrogens (tertiary/aromatic N) is 2. The Hall–Kier alpha value is -2.07. The molecular formula is C19H23N2O3P. The highest BCUT2D eigenvalue weighted by Crippen LogP contribution is 2.57. The molecule has 6 heteroatoms. The van der Waals surface area contributed by atoms with Crippen LogP contribution < -0.4 is 0 Å². The number of aliphatic imine (C=N–C) groups is 1. The second-order valence-corrected chi connectivity index (χ2v) is 7.23. The van der Waals surface area contributed by atoms with Gasteiger partial charge in [-0.15, -0.1) is 0 Å². The normalized spacial score (nSPS) is 12.7. The lowest BCUT2D eigenvalue weighted by atomic mass is 10.1. The van der Waals surface area contributed by atoms with Gasteiger partial charge in [0.1, 0.15) is 0 Å². The van der Waals surface area contributed by atoms with Crippen LogP contribution in [0.4, 0.5) is 0 Å². The third-order valence-electron chi connectivity index (χ3n) is 3.27. The SMILES string of the molecule is CCOP(=O)(OCC)C(=C\c1ccc(C)cc1)/N=C/c1ccccn1. The fraction of sp³-hybridized carbons (Fsp3) is 0.263. The summed E-state index contributed by atoms with van der Waals surface area (Å²) >= 11 is 0. The standard InChI is InChI=1S/C19H23N2O3P/c1-4-23-25(22,24-5-2)19(14-17-11-9-16(3)10-12-17)21-15-18-8-6-7-13-20-18/h6-15H,4-5H2,1-3H3/b19-14-,21-15+. The molecule has 0 bridgehead atoms. The van der Waals surface area contributed by atoms with E-state index < -0.39 is 7.60 Å². The molecule has 0 aliphatic heterocycles. The maximum absolute atomic E-state index is 13.2. The average Bonchev–Trinajstić information content (AvgIpc) is 2.61. The summed E-state index contributed by atoms with van der Waals surface area (Å²) in [5.74, 6) is 0. The quantitative estimate of drug-likeness (QED) is 0.488. The van der Waals surface area contributed by atoms with E-state index in [1.807, 2.05) is 49.4 Å². The summed E-state index contributed by atoms with van der Waals surface area (Å²) in [5, 5.41) is 0. The molecular weight excluding hydrogens is 335 g/mol. The van der Waals surface area contributed by atoms with E-state index in [2.05, 4.69) is 9.98 Å². The fourth-order valence-electron chi connectivity index (χ4n) is 2.09. The van der Waals surface area contributed by atoms with Gasteiger partial charge in [0.15, 0.2) is 5.44 Å². The van der Waals surface area contributed by atoms with Crippen LogP contribution in [-0.2, 0) is 13.6 Å². The lowest BCUT2D eigenvalue weighted by Crippen LogP contribution is -1.98. The van der Waals surface area contributed by atoms with E-state index in [1.165, 1.54) is 0 Å². The van der Waals surface area contributed by atoms with E-state index in [0.717, 1.165) is 11.1 Å². The third-order valence-corrected chi connectivity index (χ3v) is 5.27. The van der Waals surface area contributed by atoms with E-state index in [0.29, 0.717) is 5.69 Å². The highest BCUT2D eigenvalue weighted by Gasteiger charge is 2.29. The van der Waals surface area contributed by atoms with Gasteiger partial charge in [-0.25, -0.2) is 4.99 Å². The van der Waals surface area contributed by atoms with Gasteiger partial charge < -0.3 is 9.05 Å². The number of hydrogen-bond acceptors (Lipinski definition) is 5. The molecule has 2 rings (SSSR count). The average molecular weight is 358 g/mol. The highest BCUT2D eigenvalue weighted by molar-refractivity contribution is 7.58. The zero-order valence-corrected chi connectivity index (χ0v) is 15.6. The Labute approximate surface area is 149 Å². The van der Waals surface area contributed by atoms with Crippen LogP contribution in [0.15, 0.2) is 59.1 Å². The van der Waals surface area contributed by atoms with Crippen molar-refractivity contribution in [3.63, 3.8) is 0 Å². The van der Waals surface area contributed by atoms with E-state index >= 15 is 0 Å². The second-order valence-electron chi connectivity index (χ2n) is 5.26. The summed E-state index contributed by atoms with van der Waals surface area (Å²) in [4.78, 5) is 8.58. The van der Waals surface area contributed by atoms with Crippen LogP contribution in [0.3, 0.4) is 0 Å². The van der Waals surface area contributed by atoms with E-state index in [4.69, 9.17) is 9.05 Å². The van der Waals surface area contributed by atoms with Gasteiger partial charge >= 0.3 is 7.60 Å². The molecule has 1 aromatic heterocycles. The zero-order valence-electron chi connectivity index (χ0n) is 14.8. The Morgan fingerprint density at radius 1 is 1.12 bits per heavy atom. The van der Waals surface area contributed by atoms with Gasteiger partial charge in [-0.1, -0.05) is 35.9 Å². The molecule has 0 radical (unpaired) electrons. The van der Waals surface area contributed by atoms with Gasteiger partial charge in [-0.05, 0) is 44.5 Å². The molecule has 0 aliphatic rings. The molecule has 25 heavy (non-hydrogen) atoms. The van der Waals surface area contributed by atoms with Gasteiger partial charge in [0.05, 0.1) is 25.1 Å². The zero-order chi connectivity index (χ0) is 18.1. The molecule has 132 valence electrons. The number of rotatable bonds is 8. The minimum absolute atomic E-state index is 0.255. The van der Waals surface area contributed by atoms with Gasteiger partial charge in [0, 0.05) is 6.20 Å². The molecule has 5 nitrogen and oxygen atoms in total. The van der Waals surface area contributed by atoms with Gasteiger partial charge in [-0.2, -0.15) is 0 Å². The lowest BCUT2D eigenvalue weighted by molar-refractivity contribution is 0.226. The van der Waals surface area contributed by atoms with Crippen molar-refractivity contribution >= 4 is 19.9 Å². The molecule has 0 N–H and O–H groups in total. The number of aryl methyl sites for hydroxylation is 1. The van der Waals surface area contributed by atoms with Crippen LogP contribution in [-0.4, -0.2) is 24.4 Å². The molecule has 2 aromatic rings. The van der Waals surface area contributed by atoms with Crippen LogP contribution >= 0.6 is 7.60 Å². The minimum Gasteiger partial charge on any atom is -0.304 e. The molecule has 1 aromatic carbocycles. The van der Waals surface area contributed by atoms with E-state index in [1.54, 1.807) is 32.3 Å². The summed E-state index contributed by atoms with van der Waals surface area (Å²) < 4.78 is 24.1. The van der Waals surface area contributed by atoms with Crippen molar-refractivity contribution in [2.24, 2.45) is 4.99 Å². The Morgan fingerprint density at radius 3 is 2.36 bits per heavy atom. The monoisotopic (exact) mass is 358 g/mol. The summed E-state index contributed by atoms with van der Waals surface area (Å²) in [6.45, 7) is 6.09. The minimum atomic E-state index is -3.51. The number of hydrogen-bond donors (Lipinski definition) is 0. The summed E-state index contributed by atoms with van der Waals surface area (Å²) in [6, 6.07) is 13.4. The predicted molar refractivity (Wildman–Crippen MR) is 102 cm³/mol. The van der Waals surface area contributed by atoms with Crippen molar-refractivity contribution < 1.29 is 13.6 Å². The smallest absolute Gasteiger partial charge is 0.304 e. The van der Waals surface area contributed by atoms with Crippen molar-refractivity contribution in [2.75, 3.05) is 13.2 Å². The molecule has 0 aliphatic carbocycles. The van der Waals surface area contributed by atoms with E-state index in [9.17, 15) is 4.57 Å². The van der Waals surface area contributed by atoms with Crippen LogP contribution in [0.2, 0.25) is 0 Å². The number of pyridine rings is 1. The first kappa shape index (κ1) is 19.3. The van der Waals surface area contributed by atoms with Crippen LogP contribution in [0, 0.1) is 6.92 Å². The molecule has 0 amide bonds. The maximum atomic E-state index is 13.2. The Morgan fingerprint density at radius 2 is 1.80 bits per heavy atom. The fourth-order valence-corrected chi connectivity index (χ4v) is 3.62. The van der Waals surface area contributed by atoms with Crippen LogP contribution in [0.5, 0.6) is 0 Å². The lowest BCUT2D eigenvalue weighted by Gasteiger charge is -2.17. The third kappa shape index (κ3) is 5.75. The topological polar surface area (TPSA) is 60.8 Å². The Balaban J connectivity index is 2.44. The molecule has 0 saturated carbocycles. The summed E-state index contributed by atoms with van der Waals surface area (Å²) in [6.07, 6.45) is 4.96. The van der Waals surface area contributed by atoms with Gasteiger partial charge in [-0.3, -0.25) is 9.55 Å². The van der Waals surface area contributed by atoms with Crippen molar-refractivity contribution in [2.45, 2.75) is 20.8 Å². The molecule has 0 saturated heterocycles. The van der Waals surface area contributed by atoms with Crippen molar-refractivity contribution in [1.82, 2.24) is 4.98 Å². The van der Waals surface area contributed by atoms with Gasteiger partial charge in [0.2, 0.25) is 0 Å². The van der Waals surface area contributed by atoms with Crippen molar-refractivity contribution in [3.05, 3.63) is 70.9 Å². The molecule has 0 unspecified atom stereocenters. The number of benzene rings is 1. The first-order valence-corrected chi connectivity index (χ1v) is 9.75. The molecule has 0 fully saturated rings. The van der Waals surface area contributed by atoms with Crippen molar-refractivity contribution in [3.8, 4) is 0 Å².